The number of aromatic amines is 1. The van der Waals surface area contributed by atoms with Crippen LogP contribution in [0.1, 0.15) is 0 Å². The van der Waals surface area contributed by atoms with Crippen molar-refractivity contribution in [3.8, 4) is 11.8 Å². The second kappa shape index (κ2) is 6.36. The van der Waals surface area contributed by atoms with Crippen LogP contribution >= 0.6 is 67.8 Å². The maximum absolute atomic E-state index is 12.0. The zero-order chi connectivity index (χ0) is 15.0. The first-order chi connectivity index (χ1) is 10.0. The summed E-state index contributed by atoms with van der Waals surface area (Å²) in [6.45, 7) is 0. The Balaban J connectivity index is 2.09. The Morgan fingerprint density at radius 2 is 1.71 bits per heavy atom. The van der Waals surface area contributed by atoms with Gasteiger partial charge in [0.15, 0.2) is 5.75 Å². The van der Waals surface area contributed by atoms with Gasteiger partial charge < -0.3 is 4.74 Å². The Hall–Kier alpha value is -0.430. The lowest BCUT2D eigenvalue weighted by Crippen LogP contribution is -2.09. The first-order valence-corrected chi connectivity index (χ1v) is 9.09. The number of para-hydroxylation sites is 1. The van der Waals surface area contributed by atoms with Crippen molar-refractivity contribution in [2.24, 2.45) is 0 Å². The summed E-state index contributed by atoms with van der Waals surface area (Å²) in [5.74, 6) is 0.704. The normalized spacial score (nSPS) is 10.8. The molecular weight excluding hydrogens is 609 g/mol. The summed E-state index contributed by atoms with van der Waals surface area (Å²) in [7, 11) is 0. The van der Waals surface area contributed by atoms with E-state index in [9.17, 15) is 4.79 Å². The fraction of sp³-hybridized carbons (Fsp3) is 0. The van der Waals surface area contributed by atoms with Gasteiger partial charge in [-0.3, -0.25) is 9.78 Å². The number of ether oxygens (including phenoxy) is 1. The summed E-state index contributed by atoms with van der Waals surface area (Å²) < 4.78 is 8.88. The third kappa shape index (κ3) is 3.33. The summed E-state index contributed by atoms with van der Waals surface area (Å²) in [5, 5.41) is 0.553. The molecule has 7 heteroatoms. The predicted molar refractivity (Wildman–Crippen MR) is 107 cm³/mol. The minimum atomic E-state index is -0.203. The molecule has 106 valence electrons. The molecule has 2 aromatic carbocycles. The van der Waals surface area contributed by atoms with Crippen LogP contribution in [-0.2, 0) is 0 Å². The van der Waals surface area contributed by atoms with Crippen molar-refractivity contribution in [3.63, 3.8) is 0 Å². The van der Waals surface area contributed by atoms with Crippen molar-refractivity contribution >= 4 is 78.7 Å². The molecule has 1 heterocycles. The van der Waals surface area contributed by atoms with Gasteiger partial charge in [0.25, 0.3) is 5.56 Å². The number of aromatic nitrogens is 2. The van der Waals surface area contributed by atoms with Crippen LogP contribution in [0.3, 0.4) is 0 Å². The molecule has 0 atom stereocenters. The second-order valence-electron chi connectivity index (χ2n) is 4.19. The van der Waals surface area contributed by atoms with Gasteiger partial charge in [-0.1, -0.05) is 12.1 Å². The molecule has 0 aliphatic rings. The summed E-state index contributed by atoms with van der Waals surface area (Å²) in [4.78, 5) is 19.1. The number of hydrogen-bond donors (Lipinski definition) is 1. The minimum Gasteiger partial charge on any atom is -0.423 e. The SMILES string of the molecule is O=c1[nH]c(Oc2c(I)cc(I)cc2I)nc2ccccc12. The van der Waals surface area contributed by atoms with Crippen molar-refractivity contribution in [2.75, 3.05) is 0 Å². The summed E-state index contributed by atoms with van der Waals surface area (Å²) in [6.07, 6.45) is 0. The van der Waals surface area contributed by atoms with E-state index in [2.05, 4.69) is 77.7 Å². The first kappa shape index (κ1) is 15.5. The van der Waals surface area contributed by atoms with Gasteiger partial charge in [-0.25, -0.2) is 0 Å². The van der Waals surface area contributed by atoms with E-state index in [0.29, 0.717) is 16.7 Å². The Morgan fingerprint density at radius 1 is 1.05 bits per heavy atom. The average molecular weight is 616 g/mol. The molecular formula is C14H7I3N2O2. The fourth-order valence-electron chi connectivity index (χ4n) is 1.84. The van der Waals surface area contributed by atoms with E-state index in [-0.39, 0.29) is 11.6 Å². The van der Waals surface area contributed by atoms with Crippen LogP contribution in [0.5, 0.6) is 11.8 Å². The number of benzene rings is 2. The third-order valence-corrected chi connectivity index (χ3v) is 4.98. The Morgan fingerprint density at radius 3 is 2.43 bits per heavy atom. The van der Waals surface area contributed by atoms with E-state index in [4.69, 9.17) is 4.74 Å². The van der Waals surface area contributed by atoms with Gasteiger partial charge in [0, 0.05) is 3.57 Å². The number of nitrogens with one attached hydrogen (secondary N) is 1. The fourth-order valence-corrected chi connectivity index (χ4v) is 5.64. The van der Waals surface area contributed by atoms with E-state index in [1.54, 1.807) is 12.1 Å². The highest BCUT2D eigenvalue weighted by Crippen LogP contribution is 2.32. The lowest BCUT2D eigenvalue weighted by Gasteiger charge is -2.10. The van der Waals surface area contributed by atoms with E-state index < -0.39 is 0 Å². The van der Waals surface area contributed by atoms with Crippen molar-refractivity contribution in [3.05, 3.63) is 57.5 Å². The molecule has 0 saturated carbocycles. The minimum absolute atomic E-state index is 0.203. The number of rotatable bonds is 2. The number of halogens is 3. The van der Waals surface area contributed by atoms with E-state index in [0.717, 1.165) is 10.7 Å². The van der Waals surface area contributed by atoms with Gasteiger partial charge in [-0.15, -0.1) is 0 Å². The van der Waals surface area contributed by atoms with E-state index in [1.165, 1.54) is 0 Å². The molecule has 0 aliphatic carbocycles. The lowest BCUT2D eigenvalue weighted by molar-refractivity contribution is 0.436. The largest absolute Gasteiger partial charge is 0.423 e. The number of fused-ring (bicyclic) bond motifs is 1. The highest BCUT2D eigenvalue weighted by molar-refractivity contribution is 14.1. The highest BCUT2D eigenvalue weighted by atomic mass is 127. The number of H-pyrrole nitrogens is 1. The molecule has 1 N–H and O–H groups in total. The van der Waals surface area contributed by atoms with Gasteiger partial charge in [0.05, 0.1) is 18.0 Å². The molecule has 0 radical (unpaired) electrons. The zero-order valence-corrected chi connectivity index (χ0v) is 16.8. The van der Waals surface area contributed by atoms with Crippen molar-refractivity contribution in [1.82, 2.24) is 9.97 Å². The molecule has 3 rings (SSSR count). The maximum atomic E-state index is 12.0. The van der Waals surface area contributed by atoms with Crippen LogP contribution in [0.4, 0.5) is 0 Å². The Labute approximate surface area is 161 Å². The summed E-state index contributed by atoms with van der Waals surface area (Å²) in [6, 6.07) is 11.4. The van der Waals surface area contributed by atoms with Crippen molar-refractivity contribution in [2.45, 2.75) is 0 Å². The van der Waals surface area contributed by atoms with Crippen LogP contribution < -0.4 is 10.3 Å². The van der Waals surface area contributed by atoms with E-state index >= 15 is 0 Å². The third-order valence-electron chi connectivity index (χ3n) is 2.75. The molecule has 0 unspecified atom stereocenters. The van der Waals surface area contributed by atoms with Crippen LogP contribution in [0.2, 0.25) is 0 Å². The van der Waals surface area contributed by atoms with Gasteiger partial charge in [0.2, 0.25) is 0 Å². The molecule has 0 bridgehead atoms. The quantitative estimate of drug-likeness (QED) is 0.431. The summed E-state index contributed by atoms with van der Waals surface area (Å²) in [5.41, 5.74) is 0.415. The number of hydrogen-bond acceptors (Lipinski definition) is 3. The zero-order valence-electron chi connectivity index (χ0n) is 10.4. The van der Waals surface area contributed by atoms with Crippen LogP contribution in [0.25, 0.3) is 10.9 Å². The molecule has 4 nitrogen and oxygen atoms in total. The van der Waals surface area contributed by atoms with Gasteiger partial charge in [-0.05, 0) is 92.0 Å². The molecule has 21 heavy (non-hydrogen) atoms. The Bertz CT molecular complexity index is 870. The molecule has 3 aromatic rings. The van der Waals surface area contributed by atoms with Gasteiger partial charge >= 0.3 is 6.01 Å². The molecule has 0 aliphatic heterocycles. The molecule has 0 fully saturated rings. The molecule has 0 amide bonds. The molecule has 1 aromatic heterocycles. The standard InChI is InChI=1S/C14H7I3N2O2/c15-7-5-9(16)12(10(17)6-7)21-14-18-11-4-2-1-3-8(11)13(20)19-14/h1-6H,(H,18,19,20). The Kier molecular flexibility index (Phi) is 4.69. The van der Waals surface area contributed by atoms with Gasteiger partial charge in [-0.2, -0.15) is 4.98 Å². The predicted octanol–water partition coefficient (Wildman–Crippen LogP) is 4.53. The average Bonchev–Trinajstić information content (AvgIpc) is 2.43. The maximum Gasteiger partial charge on any atom is 0.302 e. The van der Waals surface area contributed by atoms with Crippen LogP contribution in [0, 0.1) is 10.7 Å². The lowest BCUT2D eigenvalue weighted by atomic mass is 10.2. The van der Waals surface area contributed by atoms with Crippen LogP contribution in [-0.4, -0.2) is 9.97 Å². The number of nitrogens with zero attached hydrogens (tertiary/aromatic N) is 1. The monoisotopic (exact) mass is 616 g/mol. The highest BCUT2D eigenvalue weighted by Gasteiger charge is 2.12. The molecule has 0 spiro atoms. The topological polar surface area (TPSA) is 55.0 Å². The van der Waals surface area contributed by atoms with Crippen LogP contribution in [0.15, 0.2) is 41.2 Å². The second-order valence-corrected chi connectivity index (χ2v) is 7.76. The van der Waals surface area contributed by atoms with Crippen molar-refractivity contribution < 1.29 is 4.74 Å². The van der Waals surface area contributed by atoms with Crippen molar-refractivity contribution in [1.29, 1.82) is 0 Å². The smallest absolute Gasteiger partial charge is 0.302 e. The molecule has 0 saturated heterocycles. The van der Waals surface area contributed by atoms with E-state index in [1.807, 2.05) is 24.3 Å². The summed E-state index contributed by atoms with van der Waals surface area (Å²) >= 11 is 6.68. The first-order valence-electron chi connectivity index (χ1n) is 5.86. The van der Waals surface area contributed by atoms with Gasteiger partial charge in [0.1, 0.15) is 0 Å².